The molecule has 0 aliphatic rings. The lowest BCUT2D eigenvalue weighted by molar-refractivity contribution is 1.07. The average molecular weight is 469 g/mol. The minimum atomic E-state index is 0.857. The Balaban J connectivity index is 1.82. The molecule has 1 aromatic heterocycles. The Labute approximate surface area is 215 Å². The summed E-state index contributed by atoms with van der Waals surface area (Å²) in [7, 11) is 0. The van der Waals surface area contributed by atoms with E-state index in [1.165, 1.54) is 11.1 Å². The van der Waals surface area contributed by atoms with E-state index in [0.29, 0.717) is 0 Å². The van der Waals surface area contributed by atoms with E-state index in [1.807, 2.05) is 32.1 Å². The van der Waals surface area contributed by atoms with Gasteiger partial charge in [-0.15, -0.1) is 0 Å². The zero-order chi connectivity index (χ0) is 25.3. The van der Waals surface area contributed by atoms with Crippen LogP contribution < -0.4 is 0 Å². The van der Waals surface area contributed by atoms with Gasteiger partial charge in [0.15, 0.2) is 0 Å². The Morgan fingerprint density at radius 1 is 0.861 bits per heavy atom. The standard InChI is InChI=1S/C34H32N2/c1-5-9-15-27(14-6-2)30-16-13-17-31(24-30)34-35-33(25-36(34)32-18-11-10-12-19-32)29-22-20-28(21-23-29)26(7-3)8-4/h5-14,16-25H,2-3,15H2,1,4H3/b9-5?,26-8+,27-14+. The number of allylic oxidation sites excluding steroid dienone is 8. The second-order valence-electron chi connectivity index (χ2n) is 8.46. The highest BCUT2D eigenvalue weighted by Gasteiger charge is 2.14. The van der Waals surface area contributed by atoms with Crippen LogP contribution in [0.1, 0.15) is 31.4 Å². The molecule has 2 heteroatoms. The van der Waals surface area contributed by atoms with Crippen LogP contribution in [-0.4, -0.2) is 9.55 Å². The number of para-hydroxylation sites is 1. The molecular formula is C34H32N2. The predicted molar refractivity (Wildman–Crippen MR) is 156 cm³/mol. The molecule has 0 aliphatic carbocycles. The summed E-state index contributed by atoms with van der Waals surface area (Å²) in [6, 6.07) is 27.5. The van der Waals surface area contributed by atoms with Crippen molar-refractivity contribution in [1.82, 2.24) is 9.55 Å². The Kier molecular flexibility index (Phi) is 8.10. The van der Waals surface area contributed by atoms with Crippen LogP contribution in [0.25, 0.3) is 39.5 Å². The van der Waals surface area contributed by atoms with Gasteiger partial charge in [0.05, 0.1) is 5.69 Å². The van der Waals surface area contributed by atoms with Gasteiger partial charge in [-0.2, -0.15) is 0 Å². The molecule has 4 aromatic rings. The Morgan fingerprint density at radius 3 is 2.31 bits per heavy atom. The van der Waals surface area contributed by atoms with Crippen LogP contribution in [0.4, 0.5) is 0 Å². The third-order valence-corrected chi connectivity index (χ3v) is 6.17. The summed E-state index contributed by atoms with van der Waals surface area (Å²) in [5.74, 6) is 0.909. The lowest BCUT2D eigenvalue weighted by atomic mass is 9.99. The van der Waals surface area contributed by atoms with E-state index in [-0.39, 0.29) is 0 Å². The smallest absolute Gasteiger partial charge is 0.145 e. The molecule has 0 spiro atoms. The fourth-order valence-corrected chi connectivity index (χ4v) is 4.27. The van der Waals surface area contributed by atoms with E-state index >= 15 is 0 Å². The molecule has 0 fully saturated rings. The molecule has 0 amide bonds. The third kappa shape index (κ3) is 5.45. The molecular weight excluding hydrogens is 436 g/mol. The predicted octanol–water partition coefficient (Wildman–Crippen LogP) is 9.33. The van der Waals surface area contributed by atoms with Crippen molar-refractivity contribution >= 4 is 11.1 Å². The second kappa shape index (κ2) is 11.8. The summed E-state index contributed by atoms with van der Waals surface area (Å²) in [5, 5.41) is 0. The molecule has 0 bridgehead atoms. The number of hydrogen-bond donors (Lipinski definition) is 0. The normalized spacial score (nSPS) is 12.2. The topological polar surface area (TPSA) is 17.8 Å². The summed E-state index contributed by atoms with van der Waals surface area (Å²) in [6.45, 7) is 11.9. The average Bonchev–Trinajstić information content (AvgIpc) is 3.38. The summed E-state index contributed by atoms with van der Waals surface area (Å²) in [4.78, 5) is 5.13. The van der Waals surface area contributed by atoms with Crippen LogP contribution in [0.15, 0.2) is 135 Å². The van der Waals surface area contributed by atoms with E-state index in [9.17, 15) is 0 Å². The van der Waals surface area contributed by atoms with Crippen LogP contribution in [-0.2, 0) is 0 Å². The third-order valence-electron chi connectivity index (χ3n) is 6.17. The molecule has 36 heavy (non-hydrogen) atoms. The van der Waals surface area contributed by atoms with Gasteiger partial charge in [-0.3, -0.25) is 4.57 Å². The highest BCUT2D eigenvalue weighted by molar-refractivity contribution is 5.76. The SMILES string of the molecule is C=C/C=C(\CC=CC)c1cccc(-c2nc(-c3ccc(/C(C=C)=C/C)cc3)cn2-c2ccccc2)c1. The minimum Gasteiger partial charge on any atom is -0.299 e. The largest absolute Gasteiger partial charge is 0.299 e. The molecule has 0 radical (unpaired) electrons. The molecule has 0 unspecified atom stereocenters. The van der Waals surface area contributed by atoms with Crippen LogP contribution in [0, 0.1) is 0 Å². The van der Waals surface area contributed by atoms with Crippen molar-refractivity contribution in [2.75, 3.05) is 0 Å². The van der Waals surface area contributed by atoms with E-state index in [2.05, 4.69) is 121 Å². The number of aromatic nitrogens is 2. The highest BCUT2D eigenvalue weighted by atomic mass is 15.1. The van der Waals surface area contributed by atoms with Crippen LogP contribution in [0.5, 0.6) is 0 Å². The van der Waals surface area contributed by atoms with Crippen molar-refractivity contribution < 1.29 is 0 Å². The number of rotatable bonds is 9. The Morgan fingerprint density at radius 2 is 1.64 bits per heavy atom. The van der Waals surface area contributed by atoms with Gasteiger partial charge in [-0.1, -0.05) is 110 Å². The molecule has 0 N–H and O–H groups in total. The van der Waals surface area contributed by atoms with Crippen LogP contribution in [0.3, 0.4) is 0 Å². The van der Waals surface area contributed by atoms with Gasteiger partial charge in [0, 0.05) is 23.0 Å². The van der Waals surface area contributed by atoms with Crippen molar-refractivity contribution in [3.8, 4) is 28.3 Å². The van der Waals surface area contributed by atoms with Crippen molar-refractivity contribution in [3.63, 3.8) is 0 Å². The van der Waals surface area contributed by atoms with E-state index < -0.39 is 0 Å². The van der Waals surface area contributed by atoms with Crippen LogP contribution in [0.2, 0.25) is 0 Å². The summed E-state index contributed by atoms with van der Waals surface area (Å²) < 4.78 is 2.17. The quantitative estimate of drug-likeness (QED) is 0.177. The second-order valence-corrected chi connectivity index (χ2v) is 8.46. The minimum absolute atomic E-state index is 0.857. The number of hydrogen-bond acceptors (Lipinski definition) is 1. The molecule has 3 aromatic carbocycles. The first-order chi connectivity index (χ1) is 17.7. The molecule has 0 atom stereocenters. The lowest BCUT2D eigenvalue weighted by Crippen LogP contribution is -1.96. The molecule has 0 saturated carbocycles. The summed E-state index contributed by atoms with van der Waals surface area (Å²) in [5.41, 5.74) is 8.81. The molecule has 1 heterocycles. The Hall–Kier alpha value is -4.43. The van der Waals surface area contributed by atoms with Gasteiger partial charge in [0.25, 0.3) is 0 Å². The van der Waals surface area contributed by atoms with Gasteiger partial charge < -0.3 is 0 Å². The highest BCUT2D eigenvalue weighted by Crippen LogP contribution is 2.31. The molecule has 2 nitrogen and oxygen atoms in total. The molecule has 4 rings (SSSR count). The van der Waals surface area contributed by atoms with E-state index in [1.54, 1.807) is 0 Å². The number of nitrogens with zero attached hydrogens (tertiary/aromatic N) is 2. The van der Waals surface area contributed by atoms with E-state index in [0.717, 1.165) is 45.9 Å². The number of benzene rings is 3. The number of imidazole rings is 1. The van der Waals surface area contributed by atoms with Crippen LogP contribution >= 0.6 is 0 Å². The zero-order valence-electron chi connectivity index (χ0n) is 21.1. The van der Waals surface area contributed by atoms with Gasteiger partial charge >= 0.3 is 0 Å². The monoisotopic (exact) mass is 468 g/mol. The first-order valence-corrected chi connectivity index (χ1v) is 12.3. The van der Waals surface area contributed by atoms with E-state index in [4.69, 9.17) is 4.98 Å². The van der Waals surface area contributed by atoms with Crippen molar-refractivity contribution in [3.05, 3.63) is 146 Å². The van der Waals surface area contributed by atoms with Crippen molar-refractivity contribution in [2.24, 2.45) is 0 Å². The maximum atomic E-state index is 5.13. The lowest BCUT2D eigenvalue weighted by Gasteiger charge is -2.10. The maximum absolute atomic E-state index is 5.13. The first kappa shape index (κ1) is 24.7. The maximum Gasteiger partial charge on any atom is 0.145 e. The summed E-state index contributed by atoms with van der Waals surface area (Å²) in [6.07, 6.45) is 15.1. The summed E-state index contributed by atoms with van der Waals surface area (Å²) >= 11 is 0. The van der Waals surface area contributed by atoms with Gasteiger partial charge in [0.2, 0.25) is 0 Å². The van der Waals surface area contributed by atoms with Gasteiger partial charge in [0.1, 0.15) is 5.82 Å². The first-order valence-electron chi connectivity index (χ1n) is 12.3. The van der Waals surface area contributed by atoms with Crippen molar-refractivity contribution in [2.45, 2.75) is 20.3 Å². The Bertz CT molecular complexity index is 1430. The van der Waals surface area contributed by atoms with Crippen molar-refractivity contribution in [1.29, 1.82) is 0 Å². The molecule has 178 valence electrons. The molecule has 0 aliphatic heterocycles. The van der Waals surface area contributed by atoms with Gasteiger partial charge in [-0.25, -0.2) is 4.98 Å². The molecule has 0 saturated heterocycles. The zero-order valence-corrected chi connectivity index (χ0v) is 21.1. The van der Waals surface area contributed by atoms with Gasteiger partial charge in [-0.05, 0) is 60.7 Å². The fourth-order valence-electron chi connectivity index (χ4n) is 4.27. The fraction of sp³-hybridized carbons (Fsp3) is 0.0882.